The number of nitrogens with one attached hydrogen (secondary N) is 1. The third kappa shape index (κ3) is 3.86. The average Bonchev–Trinajstić information content (AvgIpc) is 3.06. The summed E-state index contributed by atoms with van der Waals surface area (Å²) in [5.41, 5.74) is 2.14. The zero-order valence-electron chi connectivity index (χ0n) is 15.3. The molecule has 1 aromatic heterocycles. The molecule has 4 rings (SSSR count). The van der Waals surface area contributed by atoms with Gasteiger partial charge in [-0.1, -0.05) is 30.3 Å². The molecule has 0 unspecified atom stereocenters. The van der Waals surface area contributed by atoms with Crippen LogP contribution in [0, 0.1) is 5.82 Å². The minimum absolute atomic E-state index is 0.0171. The van der Waals surface area contributed by atoms with Crippen molar-refractivity contribution >= 4 is 22.7 Å². The SMILES string of the molecule is O=C(N[C@H]1CC(=O)N(CCc2ccc(F)cc2)C1)c1cccc2cccnc12. The number of nitrogens with zero attached hydrogens (tertiary/aromatic N) is 2. The van der Waals surface area contributed by atoms with E-state index < -0.39 is 0 Å². The smallest absolute Gasteiger partial charge is 0.253 e. The minimum atomic E-state index is -0.272. The van der Waals surface area contributed by atoms with Gasteiger partial charge in [-0.15, -0.1) is 0 Å². The van der Waals surface area contributed by atoms with Gasteiger partial charge in [-0.2, -0.15) is 0 Å². The lowest BCUT2D eigenvalue weighted by Crippen LogP contribution is -2.37. The highest BCUT2D eigenvalue weighted by Crippen LogP contribution is 2.18. The largest absolute Gasteiger partial charge is 0.347 e. The fourth-order valence-corrected chi connectivity index (χ4v) is 3.55. The van der Waals surface area contributed by atoms with Crippen LogP contribution in [-0.4, -0.2) is 40.8 Å². The number of hydrogen-bond donors (Lipinski definition) is 1. The second-order valence-corrected chi connectivity index (χ2v) is 6.97. The Hall–Kier alpha value is -3.28. The van der Waals surface area contributed by atoms with Crippen molar-refractivity contribution in [1.29, 1.82) is 0 Å². The van der Waals surface area contributed by atoms with E-state index in [-0.39, 0.29) is 30.1 Å². The lowest BCUT2D eigenvalue weighted by Gasteiger charge is -2.17. The highest BCUT2D eigenvalue weighted by Gasteiger charge is 2.30. The van der Waals surface area contributed by atoms with Gasteiger partial charge in [-0.3, -0.25) is 14.6 Å². The molecule has 6 heteroatoms. The van der Waals surface area contributed by atoms with Crippen molar-refractivity contribution in [2.45, 2.75) is 18.9 Å². The zero-order valence-corrected chi connectivity index (χ0v) is 15.3. The van der Waals surface area contributed by atoms with Gasteiger partial charge in [-0.05, 0) is 36.2 Å². The number of rotatable bonds is 5. The van der Waals surface area contributed by atoms with Crippen LogP contribution in [0.1, 0.15) is 22.3 Å². The molecule has 142 valence electrons. The molecule has 0 aliphatic carbocycles. The maximum absolute atomic E-state index is 13.0. The van der Waals surface area contributed by atoms with Crippen LogP contribution in [-0.2, 0) is 11.2 Å². The van der Waals surface area contributed by atoms with Crippen LogP contribution in [0.2, 0.25) is 0 Å². The summed E-state index contributed by atoms with van der Waals surface area (Å²) in [6.07, 6.45) is 2.60. The third-order valence-electron chi connectivity index (χ3n) is 5.01. The molecule has 2 heterocycles. The quantitative estimate of drug-likeness (QED) is 0.744. The minimum Gasteiger partial charge on any atom is -0.347 e. The van der Waals surface area contributed by atoms with Gasteiger partial charge < -0.3 is 10.2 Å². The van der Waals surface area contributed by atoms with Crippen LogP contribution >= 0.6 is 0 Å². The van der Waals surface area contributed by atoms with Crippen molar-refractivity contribution in [3.8, 4) is 0 Å². The summed E-state index contributed by atoms with van der Waals surface area (Å²) in [6, 6.07) is 15.3. The Morgan fingerprint density at radius 1 is 1.14 bits per heavy atom. The number of para-hydroxylation sites is 1. The number of pyridine rings is 1. The van der Waals surface area contributed by atoms with Crippen molar-refractivity contribution in [2.75, 3.05) is 13.1 Å². The van der Waals surface area contributed by atoms with E-state index in [0.717, 1.165) is 10.9 Å². The molecule has 1 aliphatic heterocycles. The summed E-state index contributed by atoms with van der Waals surface area (Å²) in [6.45, 7) is 1.02. The van der Waals surface area contributed by atoms with Gasteiger partial charge in [0.2, 0.25) is 5.91 Å². The summed E-state index contributed by atoms with van der Waals surface area (Å²) in [5.74, 6) is -0.474. The molecule has 0 spiro atoms. The second kappa shape index (κ2) is 7.76. The number of halogens is 1. The predicted molar refractivity (Wildman–Crippen MR) is 104 cm³/mol. The van der Waals surface area contributed by atoms with Crippen LogP contribution in [0.25, 0.3) is 10.9 Å². The molecule has 1 saturated heterocycles. The first-order chi connectivity index (χ1) is 13.6. The van der Waals surface area contributed by atoms with E-state index in [1.54, 1.807) is 29.3 Å². The van der Waals surface area contributed by atoms with Crippen molar-refractivity contribution in [2.24, 2.45) is 0 Å². The van der Waals surface area contributed by atoms with Crippen LogP contribution in [0.15, 0.2) is 60.8 Å². The molecule has 1 fully saturated rings. The first kappa shape index (κ1) is 18.1. The maximum atomic E-state index is 13.0. The van der Waals surface area contributed by atoms with E-state index in [2.05, 4.69) is 10.3 Å². The number of likely N-dealkylation sites (tertiary alicyclic amines) is 1. The van der Waals surface area contributed by atoms with Gasteiger partial charge in [0, 0.05) is 31.1 Å². The number of fused-ring (bicyclic) bond motifs is 1. The molecule has 0 radical (unpaired) electrons. The van der Waals surface area contributed by atoms with E-state index in [4.69, 9.17) is 0 Å². The molecule has 2 aromatic carbocycles. The fraction of sp³-hybridized carbons (Fsp3) is 0.227. The summed E-state index contributed by atoms with van der Waals surface area (Å²) in [4.78, 5) is 31.1. The highest BCUT2D eigenvalue weighted by molar-refractivity contribution is 6.05. The molecular formula is C22H20FN3O2. The Morgan fingerprint density at radius 2 is 1.93 bits per heavy atom. The van der Waals surface area contributed by atoms with E-state index in [1.165, 1.54) is 12.1 Å². The standard InChI is InChI=1S/C22H20FN3O2/c23-17-8-6-15(7-9-17)10-12-26-14-18(13-20(26)27)25-22(28)19-5-1-3-16-4-2-11-24-21(16)19/h1-9,11,18H,10,12-14H2,(H,25,28)/t18-/m0/s1. The number of aromatic nitrogens is 1. The molecule has 1 atom stereocenters. The van der Waals surface area contributed by atoms with Gasteiger partial charge in [0.1, 0.15) is 5.82 Å². The first-order valence-corrected chi connectivity index (χ1v) is 9.27. The van der Waals surface area contributed by atoms with E-state index >= 15 is 0 Å². The Morgan fingerprint density at radius 3 is 2.75 bits per heavy atom. The monoisotopic (exact) mass is 377 g/mol. The topological polar surface area (TPSA) is 62.3 Å². The molecule has 5 nitrogen and oxygen atoms in total. The summed E-state index contributed by atoms with van der Waals surface area (Å²) in [5, 5.41) is 3.86. The summed E-state index contributed by atoms with van der Waals surface area (Å²) in [7, 11) is 0. The summed E-state index contributed by atoms with van der Waals surface area (Å²) < 4.78 is 13.0. The van der Waals surface area contributed by atoms with E-state index in [1.807, 2.05) is 24.3 Å². The second-order valence-electron chi connectivity index (χ2n) is 6.97. The van der Waals surface area contributed by atoms with E-state index in [9.17, 15) is 14.0 Å². The molecule has 1 N–H and O–H groups in total. The molecular weight excluding hydrogens is 357 g/mol. The van der Waals surface area contributed by atoms with Crippen molar-refractivity contribution in [1.82, 2.24) is 15.2 Å². The molecule has 28 heavy (non-hydrogen) atoms. The summed E-state index contributed by atoms with van der Waals surface area (Å²) >= 11 is 0. The molecule has 2 amide bonds. The maximum Gasteiger partial charge on any atom is 0.253 e. The molecule has 1 aliphatic rings. The number of benzene rings is 2. The van der Waals surface area contributed by atoms with Crippen molar-refractivity contribution in [3.05, 3.63) is 77.7 Å². The lowest BCUT2D eigenvalue weighted by atomic mass is 10.1. The van der Waals surface area contributed by atoms with Gasteiger partial charge in [0.15, 0.2) is 0 Å². The fourth-order valence-electron chi connectivity index (χ4n) is 3.55. The Balaban J connectivity index is 1.38. The first-order valence-electron chi connectivity index (χ1n) is 9.27. The van der Waals surface area contributed by atoms with Gasteiger partial charge >= 0.3 is 0 Å². The molecule has 3 aromatic rings. The zero-order chi connectivity index (χ0) is 19.5. The number of carbonyl (C=O) groups excluding carboxylic acids is 2. The van der Waals surface area contributed by atoms with Gasteiger partial charge in [0.25, 0.3) is 5.91 Å². The predicted octanol–water partition coefficient (Wildman–Crippen LogP) is 2.95. The van der Waals surface area contributed by atoms with Crippen LogP contribution < -0.4 is 5.32 Å². The number of carbonyl (C=O) groups is 2. The van der Waals surface area contributed by atoms with Gasteiger partial charge in [-0.25, -0.2) is 4.39 Å². The van der Waals surface area contributed by atoms with Crippen molar-refractivity contribution < 1.29 is 14.0 Å². The third-order valence-corrected chi connectivity index (χ3v) is 5.01. The molecule has 0 saturated carbocycles. The highest BCUT2D eigenvalue weighted by atomic mass is 19.1. The van der Waals surface area contributed by atoms with Crippen LogP contribution in [0.4, 0.5) is 4.39 Å². The Bertz CT molecular complexity index is 1010. The average molecular weight is 377 g/mol. The van der Waals surface area contributed by atoms with Crippen LogP contribution in [0.5, 0.6) is 0 Å². The number of hydrogen-bond acceptors (Lipinski definition) is 3. The van der Waals surface area contributed by atoms with Crippen LogP contribution in [0.3, 0.4) is 0 Å². The Labute approximate surface area is 162 Å². The van der Waals surface area contributed by atoms with Gasteiger partial charge in [0.05, 0.1) is 17.1 Å². The van der Waals surface area contributed by atoms with E-state index in [0.29, 0.717) is 30.6 Å². The number of amides is 2. The lowest BCUT2D eigenvalue weighted by molar-refractivity contribution is -0.127. The van der Waals surface area contributed by atoms with Crippen molar-refractivity contribution in [3.63, 3.8) is 0 Å². The Kier molecular flexibility index (Phi) is 5.02. The molecule has 0 bridgehead atoms. The normalized spacial score (nSPS) is 16.5.